The zero-order valence-electron chi connectivity index (χ0n) is 22.2. The molecule has 1 amide bonds. The lowest BCUT2D eigenvalue weighted by atomic mass is 9.80. The van der Waals surface area contributed by atoms with Crippen LogP contribution in [0.4, 0.5) is 19.0 Å². The molecule has 200 valence electrons. The third-order valence-corrected chi connectivity index (χ3v) is 12.3. The number of halogens is 3. The fraction of sp³-hybridized carbons (Fsp3) is 0.519. The first kappa shape index (κ1) is 27.3. The summed E-state index contributed by atoms with van der Waals surface area (Å²) in [5, 5.41) is 7.29. The van der Waals surface area contributed by atoms with Gasteiger partial charge in [-0.25, -0.2) is 4.52 Å². The van der Waals surface area contributed by atoms with Crippen LogP contribution in [-0.2, 0) is 21.0 Å². The molecule has 10 heteroatoms. The van der Waals surface area contributed by atoms with Crippen LogP contribution in [0, 0.1) is 0 Å². The van der Waals surface area contributed by atoms with Crippen LogP contribution in [0.25, 0.3) is 5.52 Å². The summed E-state index contributed by atoms with van der Waals surface area (Å²) in [4.78, 5) is 18.0. The van der Waals surface area contributed by atoms with E-state index in [-0.39, 0.29) is 23.3 Å². The smallest absolute Gasteiger partial charge is 0.406 e. The number of nitrogens with zero attached hydrogens (tertiary/aromatic N) is 3. The minimum Gasteiger partial charge on any atom is -0.406 e. The van der Waals surface area contributed by atoms with Crippen LogP contribution in [-0.4, -0.2) is 28.8 Å². The second kappa shape index (κ2) is 9.54. The maximum absolute atomic E-state index is 13.5. The average molecular weight is 533 g/mol. The number of anilines is 1. The van der Waals surface area contributed by atoms with Gasteiger partial charge in [0.2, 0.25) is 5.91 Å². The van der Waals surface area contributed by atoms with E-state index in [0.717, 1.165) is 31.4 Å². The number of hydrogen-bond donors (Lipinski definition) is 1. The largest absolute Gasteiger partial charge is 0.416 e. The van der Waals surface area contributed by atoms with Crippen LogP contribution in [0.1, 0.15) is 76.1 Å². The van der Waals surface area contributed by atoms with Crippen molar-refractivity contribution in [1.82, 2.24) is 14.6 Å². The number of nitrogens with one attached hydrogen (secondary N) is 1. The molecule has 1 N–H and O–H groups in total. The quantitative estimate of drug-likeness (QED) is 0.325. The molecule has 3 aromatic heterocycles. The Morgan fingerprint density at radius 2 is 1.86 bits per heavy atom. The van der Waals surface area contributed by atoms with Crippen LogP contribution < -0.4 is 5.32 Å². The summed E-state index contributed by atoms with van der Waals surface area (Å²) in [5.41, 5.74) is -0.0358. The Hall–Kier alpha value is -2.72. The summed E-state index contributed by atoms with van der Waals surface area (Å²) < 4.78 is 48.4. The highest BCUT2D eigenvalue weighted by Gasteiger charge is 2.45. The number of carbonyl (C=O) groups excluding carboxylic acids is 1. The number of aromatic nitrogens is 3. The van der Waals surface area contributed by atoms with Crippen LogP contribution in [0.3, 0.4) is 0 Å². The monoisotopic (exact) mass is 532 g/mol. The molecule has 0 spiro atoms. The Balaban J connectivity index is 1.68. The third kappa shape index (κ3) is 5.60. The van der Waals surface area contributed by atoms with Gasteiger partial charge in [0.25, 0.3) is 0 Å². The zero-order chi connectivity index (χ0) is 27.2. The summed E-state index contributed by atoms with van der Waals surface area (Å²) >= 11 is 0. The van der Waals surface area contributed by atoms with E-state index in [4.69, 9.17) is 4.43 Å². The zero-order valence-corrected chi connectivity index (χ0v) is 23.2. The van der Waals surface area contributed by atoms with E-state index in [9.17, 15) is 18.0 Å². The van der Waals surface area contributed by atoms with Crippen LogP contribution in [0.15, 0.2) is 42.7 Å². The Morgan fingerprint density at radius 1 is 1.16 bits per heavy atom. The lowest BCUT2D eigenvalue weighted by molar-refractivity contribution is -0.137. The van der Waals surface area contributed by atoms with Crippen LogP contribution >= 0.6 is 0 Å². The predicted molar refractivity (Wildman–Crippen MR) is 140 cm³/mol. The fourth-order valence-electron chi connectivity index (χ4n) is 4.49. The van der Waals surface area contributed by atoms with E-state index in [1.54, 1.807) is 6.20 Å². The average Bonchev–Trinajstić information content (AvgIpc) is 3.08. The van der Waals surface area contributed by atoms with Crippen molar-refractivity contribution in [3.8, 4) is 0 Å². The van der Waals surface area contributed by atoms with E-state index in [1.807, 2.05) is 25.1 Å². The first-order valence-electron chi connectivity index (χ1n) is 12.6. The van der Waals surface area contributed by atoms with Gasteiger partial charge in [-0.3, -0.25) is 9.78 Å². The SMILES string of the molecule is CC(C)(C)[Si](C)(C)O[C@](C)(CC(=O)Nc1nn2ccc(C(F)(F)F)cc2c1C1CCC1)c1ccccn1. The molecule has 3 heterocycles. The van der Waals surface area contributed by atoms with E-state index < -0.39 is 25.7 Å². The fourth-order valence-corrected chi connectivity index (χ4v) is 6.09. The number of amides is 1. The van der Waals surface area contributed by atoms with Crippen molar-refractivity contribution in [3.05, 3.63) is 59.5 Å². The maximum Gasteiger partial charge on any atom is 0.416 e. The molecule has 1 atom stereocenters. The second-order valence-electron chi connectivity index (χ2n) is 11.7. The number of hydrogen-bond acceptors (Lipinski definition) is 4. The molecule has 1 fully saturated rings. The van der Waals surface area contributed by atoms with E-state index in [2.05, 4.69) is 49.3 Å². The van der Waals surface area contributed by atoms with E-state index in [1.165, 1.54) is 10.7 Å². The lowest BCUT2D eigenvalue weighted by Gasteiger charge is -2.43. The van der Waals surface area contributed by atoms with E-state index >= 15 is 0 Å². The Labute approximate surface area is 216 Å². The number of fused-ring (bicyclic) bond motifs is 1. The van der Waals surface area contributed by atoms with Gasteiger partial charge < -0.3 is 9.74 Å². The van der Waals surface area contributed by atoms with E-state index in [0.29, 0.717) is 22.6 Å². The summed E-state index contributed by atoms with van der Waals surface area (Å²) in [6.07, 6.45) is 1.19. The predicted octanol–water partition coefficient (Wildman–Crippen LogP) is 7.28. The van der Waals surface area contributed by atoms with Crippen molar-refractivity contribution in [2.24, 2.45) is 0 Å². The highest BCUT2D eigenvalue weighted by atomic mass is 28.4. The molecule has 0 radical (unpaired) electrons. The van der Waals surface area contributed by atoms with Gasteiger partial charge >= 0.3 is 6.18 Å². The van der Waals surface area contributed by atoms with Gasteiger partial charge in [-0.1, -0.05) is 33.3 Å². The molecule has 0 aromatic carbocycles. The summed E-state index contributed by atoms with van der Waals surface area (Å²) in [5.74, 6) is 0.0403. The highest BCUT2D eigenvalue weighted by molar-refractivity contribution is 6.74. The molecule has 0 unspecified atom stereocenters. The minimum absolute atomic E-state index is 0.0116. The van der Waals surface area contributed by atoms with Crippen molar-refractivity contribution < 1.29 is 22.4 Å². The second-order valence-corrected chi connectivity index (χ2v) is 16.4. The summed E-state index contributed by atoms with van der Waals surface area (Å²) in [6, 6.07) is 7.65. The normalized spacial score (nSPS) is 16.9. The minimum atomic E-state index is -4.46. The first-order valence-corrected chi connectivity index (χ1v) is 15.5. The molecule has 1 aliphatic carbocycles. The molecule has 37 heavy (non-hydrogen) atoms. The Bertz CT molecular complexity index is 1280. The molecule has 4 rings (SSSR count). The number of alkyl halides is 3. The van der Waals surface area contributed by atoms with Crippen LogP contribution in [0.2, 0.25) is 18.1 Å². The standard InChI is InChI=1S/C27H35F3N4O2Si/c1-25(2,3)37(5,6)36-26(4,21-12-7-8-14-31-21)17-22(35)32-24-23(18-10-9-11-18)20-16-19(27(28,29)30)13-15-34(20)33-24/h7-8,12-16,18H,9-11,17H2,1-6H3,(H,32,33,35)/t26-/m1/s1. The van der Waals surface area contributed by atoms with Crippen LogP contribution in [0.5, 0.6) is 0 Å². The topological polar surface area (TPSA) is 68.5 Å². The van der Waals surface area contributed by atoms with Crippen molar-refractivity contribution in [3.63, 3.8) is 0 Å². The summed E-state index contributed by atoms with van der Waals surface area (Å²) in [7, 11) is -2.30. The third-order valence-electron chi connectivity index (χ3n) is 7.76. The van der Waals surface area contributed by atoms with Gasteiger partial charge in [0.1, 0.15) is 5.60 Å². The molecule has 1 saturated carbocycles. The first-order chi connectivity index (χ1) is 17.1. The van der Waals surface area contributed by atoms with Crippen molar-refractivity contribution in [1.29, 1.82) is 0 Å². The van der Waals surface area contributed by atoms with Gasteiger partial charge in [0.15, 0.2) is 14.1 Å². The lowest BCUT2D eigenvalue weighted by Crippen LogP contribution is -2.48. The van der Waals surface area contributed by atoms with Crippen molar-refractivity contribution >= 4 is 25.6 Å². The number of pyridine rings is 2. The Kier molecular flexibility index (Phi) is 7.04. The maximum atomic E-state index is 13.5. The highest BCUT2D eigenvalue weighted by Crippen LogP contribution is 2.45. The molecule has 1 aliphatic rings. The number of rotatable bonds is 7. The summed E-state index contributed by atoms with van der Waals surface area (Å²) in [6.45, 7) is 12.5. The molecular weight excluding hydrogens is 497 g/mol. The van der Waals surface area contributed by atoms with Gasteiger partial charge in [-0.05, 0) is 68.1 Å². The van der Waals surface area contributed by atoms with Gasteiger partial charge in [-0.2, -0.15) is 13.2 Å². The number of carbonyl (C=O) groups is 1. The molecule has 0 bridgehead atoms. The molecular formula is C27H35F3N4O2Si. The van der Waals surface area contributed by atoms with Gasteiger partial charge in [-0.15, -0.1) is 5.10 Å². The van der Waals surface area contributed by atoms with Crippen molar-refractivity contribution in [2.75, 3.05) is 5.32 Å². The molecule has 6 nitrogen and oxygen atoms in total. The Morgan fingerprint density at radius 3 is 2.41 bits per heavy atom. The molecule has 0 aliphatic heterocycles. The van der Waals surface area contributed by atoms with Gasteiger partial charge in [0.05, 0.1) is 23.2 Å². The molecule has 3 aromatic rings. The molecule has 0 saturated heterocycles. The van der Waals surface area contributed by atoms with Gasteiger partial charge in [0, 0.05) is 18.0 Å². The van der Waals surface area contributed by atoms with Crippen molar-refractivity contribution in [2.45, 2.75) is 89.2 Å².